The average molecular weight is 362 g/mol. The second-order valence-electron chi connectivity index (χ2n) is 5.91. The fraction of sp³-hybridized carbons (Fsp3) is 0.278. The lowest BCUT2D eigenvalue weighted by atomic mass is 10.1. The Hall–Kier alpha value is -2.38. The highest BCUT2D eigenvalue weighted by Crippen LogP contribution is 2.19. The number of carbonyl (C=O) groups is 1. The molecule has 0 spiro atoms. The maximum atomic E-state index is 12.0. The van der Waals surface area contributed by atoms with Crippen LogP contribution in [0.1, 0.15) is 11.1 Å². The molecule has 0 aliphatic rings. The number of hydrogen-bond donors (Lipinski definition) is 1. The summed E-state index contributed by atoms with van der Waals surface area (Å²) in [6.07, 6.45) is 0. The molecule has 0 aromatic heterocycles. The third kappa shape index (κ3) is 4.80. The number of nitrogens with one attached hydrogen (secondary N) is 1. The quantitative estimate of drug-likeness (QED) is 0.857. The molecule has 1 amide bonds. The largest absolute Gasteiger partial charge is 0.484 e. The van der Waals surface area contributed by atoms with Crippen LogP contribution in [0, 0.1) is 13.8 Å². The van der Waals surface area contributed by atoms with Crippen LogP contribution >= 0.6 is 0 Å². The third-order valence-corrected chi connectivity index (χ3v) is 5.46. The second-order valence-corrected chi connectivity index (χ2v) is 8.07. The molecule has 134 valence electrons. The van der Waals surface area contributed by atoms with Gasteiger partial charge in [-0.25, -0.2) is 12.7 Å². The summed E-state index contributed by atoms with van der Waals surface area (Å²) in [5.74, 6) is 0.144. The van der Waals surface area contributed by atoms with Gasteiger partial charge in [0.05, 0.1) is 4.90 Å². The van der Waals surface area contributed by atoms with Gasteiger partial charge in [0, 0.05) is 19.8 Å². The Bertz CT molecular complexity index is 859. The number of sulfonamides is 1. The zero-order valence-corrected chi connectivity index (χ0v) is 15.6. The Balaban J connectivity index is 1.96. The number of hydrogen-bond acceptors (Lipinski definition) is 4. The number of ether oxygens (including phenoxy) is 1. The van der Waals surface area contributed by atoms with E-state index >= 15 is 0 Å². The van der Waals surface area contributed by atoms with Gasteiger partial charge in [0.2, 0.25) is 10.0 Å². The molecule has 0 saturated carbocycles. The molecular weight excluding hydrogens is 340 g/mol. The molecule has 2 aromatic rings. The minimum atomic E-state index is -3.48. The van der Waals surface area contributed by atoms with Crippen molar-refractivity contribution in [2.45, 2.75) is 18.7 Å². The highest BCUT2D eigenvalue weighted by atomic mass is 32.2. The Morgan fingerprint density at radius 2 is 1.72 bits per heavy atom. The van der Waals surface area contributed by atoms with Crippen LogP contribution < -0.4 is 10.1 Å². The predicted molar refractivity (Wildman–Crippen MR) is 97.4 cm³/mol. The van der Waals surface area contributed by atoms with Gasteiger partial charge < -0.3 is 10.1 Å². The highest BCUT2D eigenvalue weighted by Gasteiger charge is 2.16. The molecule has 0 unspecified atom stereocenters. The van der Waals surface area contributed by atoms with Crippen LogP contribution in [0.25, 0.3) is 0 Å². The number of aryl methyl sites for hydroxylation is 2. The molecule has 0 radical (unpaired) electrons. The standard InChI is InChI=1S/C18H22N2O4S/c1-13-5-10-17(14(2)11-13)19-18(21)12-24-15-6-8-16(9-7-15)25(22,23)20(3)4/h5-11H,12H2,1-4H3,(H,19,21). The summed E-state index contributed by atoms with van der Waals surface area (Å²) in [7, 11) is -0.537. The van der Waals surface area contributed by atoms with Crippen LogP contribution in [0.3, 0.4) is 0 Å². The smallest absolute Gasteiger partial charge is 0.262 e. The second kappa shape index (κ2) is 7.67. The van der Waals surface area contributed by atoms with Crippen molar-refractivity contribution in [2.24, 2.45) is 0 Å². The van der Waals surface area contributed by atoms with Gasteiger partial charge in [-0.1, -0.05) is 17.7 Å². The summed E-state index contributed by atoms with van der Waals surface area (Å²) >= 11 is 0. The van der Waals surface area contributed by atoms with E-state index in [1.165, 1.54) is 38.4 Å². The zero-order valence-electron chi connectivity index (χ0n) is 14.7. The SMILES string of the molecule is Cc1ccc(NC(=O)COc2ccc(S(=O)(=O)N(C)C)cc2)c(C)c1. The molecule has 0 aliphatic heterocycles. The maximum Gasteiger partial charge on any atom is 0.262 e. The van der Waals surface area contributed by atoms with E-state index in [1.807, 2.05) is 32.0 Å². The lowest BCUT2D eigenvalue weighted by Crippen LogP contribution is -2.22. The molecule has 2 rings (SSSR count). The van der Waals surface area contributed by atoms with Crippen LogP contribution in [0.5, 0.6) is 5.75 Å². The summed E-state index contributed by atoms with van der Waals surface area (Å²) in [6, 6.07) is 11.7. The van der Waals surface area contributed by atoms with Gasteiger partial charge >= 0.3 is 0 Å². The van der Waals surface area contributed by atoms with Crippen molar-refractivity contribution in [3.63, 3.8) is 0 Å². The minimum Gasteiger partial charge on any atom is -0.484 e. The van der Waals surface area contributed by atoms with Crippen molar-refractivity contribution in [1.82, 2.24) is 4.31 Å². The van der Waals surface area contributed by atoms with Crippen LogP contribution in [0.4, 0.5) is 5.69 Å². The number of nitrogens with zero attached hydrogens (tertiary/aromatic N) is 1. The van der Waals surface area contributed by atoms with Crippen molar-refractivity contribution in [3.05, 3.63) is 53.6 Å². The van der Waals surface area contributed by atoms with E-state index in [0.29, 0.717) is 5.75 Å². The van der Waals surface area contributed by atoms with Gasteiger partial charge in [-0.3, -0.25) is 4.79 Å². The van der Waals surface area contributed by atoms with Crippen molar-refractivity contribution in [3.8, 4) is 5.75 Å². The van der Waals surface area contributed by atoms with Crippen LogP contribution in [-0.4, -0.2) is 39.3 Å². The van der Waals surface area contributed by atoms with E-state index in [2.05, 4.69) is 5.32 Å². The average Bonchev–Trinajstić information content (AvgIpc) is 2.56. The predicted octanol–water partition coefficient (Wildman–Crippen LogP) is 2.57. The number of rotatable bonds is 6. The van der Waals surface area contributed by atoms with Gasteiger partial charge in [0.15, 0.2) is 6.61 Å². The summed E-state index contributed by atoms with van der Waals surface area (Å²) in [6.45, 7) is 3.75. The number of benzene rings is 2. The monoisotopic (exact) mass is 362 g/mol. The Morgan fingerprint density at radius 1 is 1.08 bits per heavy atom. The fourth-order valence-corrected chi connectivity index (χ4v) is 3.11. The van der Waals surface area contributed by atoms with Gasteiger partial charge in [-0.05, 0) is 49.7 Å². The van der Waals surface area contributed by atoms with Crippen molar-refractivity contribution >= 4 is 21.6 Å². The summed E-state index contributed by atoms with van der Waals surface area (Å²) in [5.41, 5.74) is 2.85. The minimum absolute atomic E-state index is 0.160. The van der Waals surface area contributed by atoms with E-state index in [4.69, 9.17) is 4.74 Å². The molecule has 0 heterocycles. The van der Waals surface area contributed by atoms with E-state index in [1.54, 1.807) is 0 Å². The molecule has 2 aromatic carbocycles. The number of amides is 1. The summed E-state index contributed by atoms with van der Waals surface area (Å²) < 4.78 is 30.5. The van der Waals surface area contributed by atoms with Crippen molar-refractivity contribution < 1.29 is 17.9 Å². The maximum absolute atomic E-state index is 12.0. The van der Waals surface area contributed by atoms with E-state index in [9.17, 15) is 13.2 Å². The normalized spacial score (nSPS) is 11.4. The lowest BCUT2D eigenvalue weighted by molar-refractivity contribution is -0.118. The zero-order chi connectivity index (χ0) is 18.6. The van der Waals surface area contributed by atoms with Crippen LogP contribution in [-0.2, 0) is 14.8 Å². The first-order valence-corrected chi connectivity index (χ1v) is 9.16. The molecular formula is C18H22N2O4S. The molecule has 0 aliphatic carbocycles. The van der Waals surface area contributed by atoms with Crippen LogP contribution in [0.2, 0.25) is 0 Å². The molecule has 6 nitrogen and oxygen atoms in total. The van der Waals surface area contributed by atoms with Crippen molar-refractivity contribution in [1.29, 1.82) is 0 Å². The first-order chi connectivity index (χ1) is 11.7. The lowest BCUT2D eigenvalue weighted by Gasteiger charge is -2.12. The van der Waals surface area contributed by atoms with E-state index < -0.39 is 10.0 Å². The fourth-order valence-electron chi connectivity index (χ4n) is 2.21. The molecule has 1 N–H and O–H groups in total. The summed E-state index contributed by atoms with van der Waals surface area (Å²) in [4.78, 5) is 12.2. The number of anilines is 1. The third-order valence-electron chi connectivity index (χ3n) is 3.63. The molecule has 0 saturated heterocycles. The van der Waals surface area contributed by atoms with Gasteiger partial charge in [-0.2, -0.15) is 0 Å². The Morgan fingerprint density at radius 3 is 2.28 bits per heavy atom. The Kier molecular flexibility index (Phi) is 5.81. The van der Waals surface area contributed by atoms with Gasteiger partial charge in [-0.15, -0.1) is 0 Å². The van der Waals surface area contributed by atoms with E-state index in [-0.39, 0.29) is 17.4 Å². The first-order valence-electron chi connectivity index (χ1n) is 7.72. The van der Waals surface area contributed by atoms with Gasteiger partial charge in [0.1, 0.15) is 5.75 Å². The molecule has 7 heteroatoms. The topological polar surface area (TPSA) is 75.7 Å². The highest BCUT2D eigenvalue weighted by molar-refractivity contribution is 7.89. The first kappa shape index (κ1) is 19.0. The molecule has 0 bridgehead atoms. The van der Waals surface area contributed by atoms with Gasteiger partial charge in [0.25, 0.3) is 5.91 Å². The Labute approximate surface area is 148 Å². The van der Waals surface area contributed by atoms with E-state index in [0.717, 1.165) is 21.1 Å². The number of carbonyl (C=O) groups excluding carboxylic acids is 1. The van der Waals surface area contributed by atoms with Crippen molar-refractivity contribution in [2.75, 3.05) is 26.0 Å². The van der Waals surface area contributed by atoms with Crippen LogP contribution in [0.15, 0.2) is 47.4 Å². The molecule has 0 fully saturated rings. The molecule has 25 heavy (non-hydrogen) atoms. The summed E-state index contributed by atoms with van der Waals surface area (Å²) in [5, 5.41) is 2.79. The molecule has 0 atom stereocenters.